The molecule has 1 aliphatic carbocycles. The van der Waals surface area contributed by atoms with Crippen LogP contribution in [0.3, 0.4) is 0 Å². The SMILES string of the molecule is NCCCCCCC(=O)NC1CCCCC1O. The molecule has 0 radical (unpaired) electrons. The maximum Gasteiger partial charge on any atom is 0.220 e. The van der Waals surface area contributed by atoms with Crippen LogP contribution >= 0.6 is 0 Å². The summed E-state index contributed by atoms with van der Waals surface area (Å²) >= 11 is 0. The Labute approximate surface area is 104 Å². The number of rotatable bonds is 7. The molecule has 1 aliphatic rings. The molecule has 0 saturated heterocycles. The van der Waals surface area contributed by atoms with Crippen molar-refractivity contribution in [3.05, 3.63) is 0 Å². The molecule has 4 N–H and O–H groups in total. The van der Waals surface area contributed by atoms with E-state index in [-0.39, 0.29) is 18.1 Å². The van der Waals surface area contributed by atoms with E-state index in [1.807, 2.05) is 0 Å². The van der Waals surface area contributed by atoms with Gasteiger partial charge in [-0.3, -0.25) is 4.79 Å². The smallest absolute Gasteiger partial charge is 0.220 e. The Kier molecular flexibility index (Phi) is 7.21. The third-order valence-corrected chi connectivity index (χ3v) is 3.43. The fraction of sp³-hybridized carbons (Fsp3) is 0.923. The predicted molar refractivity (Wildman–Crippen MR) is 68.5 cm³/mol. The molecule has 0 aromatic heterocycles. The minimum atomic E-state index is -0.343. The molecule has 1 saturated carbocycles. The van der Waals surface area contributed by atoms with Gasteiger partial charge in [0, 0.05) is 6.42 Å². The van der Waals surface area contributed by atoms with Gasteiger partial charge in [0.05, 0.1) is 12.1 Å². The van der Waals surface area contributed by atoms with Gasteiger partial charge in [-0.25, -0.2) is 0 Å². The van der Waals surface area contributed by atoms with Crippen molar-refractivity contribution in [3.8, 4) is 0 Å². The normalized spacial score (nSPS) is 24.6. The Bertz CT molecular complexity index is 221. The lowest BCUT2D eigenvalue weighted by Crippen LogP contribution is -2.44. The summed E-state index contributed by atoms with van der Waals surface area (Å²) in [5.74, 6) is 0.0868. The van der Waals surface area contributed by atoms with Crippen LogP contribution in [0.5, 0.6) is 0 Å². The molecule has 0 aliphatic heterocycles. The molecular weight excluding hydrogens is 216 g/mol. The molecule has 17 heavy (non-hydrogen) atoms. The van der Waals surface area contributed by atoms with Crippen molar-refractivity contribution in [3.63, 3.8) is 0 Å². The summed E-state index contributed by atoms with van der Waals surface area (Å²) in [6.45, 7) is 0.737. The number of amides is 1. The van der Waals surface area contributed by atoms with Gasteiger partial charge >= 0.3 is 0 Å². The quantitative estimate of drug-likeness (QED) is 0.589. The zero-order valence-electron chi connectivity index (χ0n) is 10.7. The van der Waals surface area contributed by atoms with Crippen LogP contribution in [0.4, 0.5) is 0 Å². The molecule has 0 bridgehead atoms. The van der Waals surface area contributed by atoms with Crippen LogP contribution in [-0.2, 0) is 4.79 Å². The number of unbranched alkanes of at least 4 members (excludes halogenated alkanes) is 3. The van der Waals surface area contributed by atoms with Gasteiger partial charge in [-0.05, 0) is 32.2 Å². The zero-order valence-corrected chi connectivity index (χ0v) is 10.7. The summed E-state index contributed by atoms with van der Waals surface area (Å²) in [5.41, 5.74) is 5.40. The van der Waals surface area contributed by atoms with Crippen LogP contribution in [0.15, 0.2) is 0 Å². The summed E-state index contributed by atoms with van der Waals surface area (Å²) in [5, 5.41) is 12.7. The third kappa shape index (κ3) is 6.03. The topological polar surface area (TPSA) is 75.4 Å². The molecule has 0 aromatic rings. The number of nitrogens with one attached hydrogen (secondary N) is 1. The van der Waals surface area contributed by atoms with Crippen molar-refractivity contribution >= 4 is 5.91 Å². The van der Waals surface area contributed by atoms with Crippen LogP contribution in [0, 0.1) is 0 Å². The minimum Gasteiger partial charge on any atom is -0.391 e. The number of nitrogens with two attached hydrogens (primary N) is 1. The molecule has 0 spiro atoms. The first-order valence-corrected chi connectivity index (χ1v) is 6.91. The van der Waals surface area contributed by atoms with Crippen molar-refractivity contribution in [1.29, 1.82) is 0 Å². The molecule has 4 heteroatoms. The van der Waals surface area contributed by atoms with E-state index in [0.29, 0.717) is 6.42 Å². The van der Waals surface area contributed by atoms with Gasteiger partial charge < -0.3 is 16.2 Å². The van der Waals surface area contributed by atoms with Gasteiger partial charge in [0.2, 0.25) is 5.91 Å². The van der Waals surface area contributed by atoms with Crippen LogP contribution in [0.2, 0.25) is 0 Å². The van der Waals surface area contributed by atoms with Crippen molar-refractivity contribution < 1.29 is 9.90 Å². The molecular formula is C13H26N2O2. The van der Waals surface area contributed by atoms with Crippen LogP contribution in [0.25, 0.3) is 0 Å². The number of aliphatic hydroxyl groups is 1. The molecule has 0 heterocycles. The summed E-state index contributed by atoms with van der Waals surface area (Å²) < 4.78 is 0. The second kappa shape index (κ2) is 8.48. The lowest BCUT2D eigenvalue weighted by molar-refractivity contribution is -0.123. The molecule has 0 aromatic carbocycles. The van der Waals surface area contributed by atoms with Gasteiger partial charge in [0.1, 0.15) is 0 Å². The number of hydrogen-bond donors (Lipinski definition) is 3. The van der Waals surface area contributed by atoms with Crippen molar-refractivity contribution in [2.45, 2.75) is 69.9 Å². The van der Waals surface area contributed by atoms with E-state index in [0.717, 1.165) is 57.9 Å². The first-order valence-electron chi connectivity index (χ1n) is 6.91. The Morgan fingerprint density at radius 2 is 1.88 bits per heavy atom. The molecule has 1 fully saturated rings. The summed E-state index contributed by atoms with van der Waals surface area (Å²) in [4.78, 5) is 11.6. The van der Waals surface area contributed by atoms with E-state index in [1.54, 1.807) is 0 Å². The summed E-state index contributed by atoms with van der Waals surface area (Å²) in [6, 6.07) is -0.0136. The average Bonchev–Trinajstić information content (AvgIpc) is 2.32. The van der Waals surface area contributed by atoms with Gasteiger partial charge in [-0.1, -0.05) is 25.7 Å². The van der Waals surface area contributed by atoms with Crippen LogP contribution < -0.4 is 11.1 Å². The van der Waals surface area contributed by atoms with Crippen molar-refractivity contribution in [1.82, 2.24) is 5.32 Å². The standard InChI is InChI=1S/C13H26N2O2/c14-10-6-2-1-3-9-13(17)15-11-7-4-5-8-12(11)16/h11-12,16H,1-10,14H2,(H,15,17). The molecule has 2 unspecified atom stereocenters. The lowest BCUT2D eigenvalue weighted by Gasteiger charge is -2.28. The minimum absolute atomic E-state index is 0.0136. The monoisotopic (exact) mass is 242 g/mol. The number of carbonyl (C=O) groups excluding carboxylic acids is 1. The second-order valence-corrected chi connectivity index (χ2v) is 4.98. The van der Waals surface area contributed by atoms with Crippen LogP contribution in [0.1, 0.15) is 57.8 Å². The zero-order chi connectivity index (χ0) is 12.5. The average molecular weight is 242 g/mol. The molecule has 1 amide bonds. The predicted octanol–water partition coefficient (Wildman–Crippen LogP) is 1.32. The van der Waals surface area contributed by atoms with E-state index >= 15 is 0 Å². The van der Waals surface area contributed by atoms with E-state index in [4.69, 9.17) is 5.73 Å². The van der Waals surface area contributed by atoms with E-state index in [9.17, 15) is 9.90 Å². The fourth-order valence-corrected chi connectivity index (χ4v) is 2.34. The second-order valence-electron chi connectivity index (χ2n) is 4.98. The number of hydrogen-bond acceptors (Lipinski definition) is 3. The first-order chi connectivity index (χ1) is 8.24. The Morgan fingerprint density at radius 1 is 1.18 bits per heavy atom. The lowest BCUT2D eigenvalue weighted by atomic mass is 9.92. The van der Waals surface area contributed by atoms with Gasteiger partial charge in [-0.2, -0.15) is 0 Å². The summed E-state index contributed by atoms with van der Waals surface area (Å²) in [6.07, 6.45) is 8.30. The number of carbonyl (C=O) groups is 1. The van der Waals surface area contributed by atoms with E-state index in [1.165, 1.54) is 0 Å². The highest BCUT2D eigenvalue weighted by molar-refractivity contribution is 5.76. The molecule has 2 atom stereocenters. The van der Waals surface area contributed by atoms with Gasteiger partial charge in [0.15, 0.2) is 0 Å². The maximum absolute atomic E-state index is 11.6. The summed E-state index contributed by atoms with van der Waals surface area (Å²) in [7, 11) is 0. The van der Waals surface area contributed by atoms with Gasteiger partial charge in [0.25, 0.3) is 0 Å². The largest absolute Gasteiger partial charge is 0.391 e. The fourth-order valence-electron chi connectivity index (χ4n) is 2.34. The van der Waals surface area contributed by atoms with Crippen molar-refractivity contribution in [2.24, 2.45) is 5.73 Å². The third-order valence-electron chi connectivity index (χ3n) is 3.43. The number of aliphatic hydroxyl groups excluding tert-OH is 1. The highest BCUT2D eigenvalue weighted by atomic mass is 16.3. The molecule has 4 nitrogen and oxygen atoms in total. The van der Waals surface area contributed by atoms with Crippen LogP contribution in [-0.4, -0.2) is 29.7 Å². The van der Waals surface area contributed by atoms with Gasteiger partial charge in [-0.15, -0.1) is 0 Å². The Balaban J connectivity index is 2.07. The van der Waals surface area contributed by atoms with Crippen molar-refractivity contribution in [2.75, 3.05) is 6.54 Å². The highest BCUT2D eigenvalue weighted by Gasteiger charge is 2.23. The molecule has 1 rings (SSSR count). The highest BCUT2D eigenvalue weighted by Crippen LogP contribution is 2.18. The van der Waals surface area contributed by atoms with E-state index < -0.39 is 0 Å². The Hall–Kier alpha value is -0.610. The first kappa shape index (κ1) is 14.5. The maximum atomic E-state index is 11.6. The Morgan fingerprint density at radius 3 is 2.59 bits per heavy atom. The van der Waals surface area contributed by atoms with E-state index in [2.05, 4.69) is 5.32 Å². The molecule has 100 valence electrons.